The second kappa shape index (κ2) is 9.15. The van der Waals surface area contributed by atoms with Gasteiger partial charge in [0.15, 0.2) is 5.16 Å². The fraction of sp³-hybridized carbons (Fsp3) is 0.269. The molecule has 1 aliphatic rings. The minimum absolute atomic E-state index is 0.0536. The molecular weight excluding hydrogens is 450 g/mol. The summed E-state index contributed by atoms with van der Waals surface area (Å²) in [5.41, 5.74) is 2.88. The van der Waals surface area contributed by atoms with E-state index in [1.54, 1.807) is 4.57 Å². The average Bonchev–Trinajstić information content (AvgIpc) is 3.59. The van der Waals surface area contributed by atoms with E-state index in [0.717, 1.165) is 39.9 Å². The normalized spacial score (nSPS) is 15.3. The lowest BCUT2D eigenvalue weighted by Gasteiger charge is -2.19. The molecule has 0 spiro atoms. The van der Waals surface area contributed by atoms with Gasteiger partial charge in [-0.1, -0.05) is 60.3 Å². The molecular formula is C26H25N3O2S2. The summed E-state index contributed by atoms with van der Waals surface area (Å²) in [5.74, 6) is 0.385. The lowest BCUT2D eigenvalue weighted by atomic mass is 10.1. The Bertz CT molecular complexity index is 1340. The van der Waals surface area contributed by atoms with Crippen LogP contribution in [-0.4, -0.2) is 20.7 Å². The highest BCUT2D eigenvalue weighted by atomic mass is 32.2. The van der Waals surface area contributed by atoms with Gasteiger partial charge in [-0.25, -0.2) is 4.98 Å². The van der Waals surface area contributed by atoms with E-state index in [-0.39, 0.29) is 17.5 Å². The van der Waals surface area contributed by atoms with Crippen molar-refractivity contribution in [3.05, 3.63) is 87.5 Å². The monoisotopic (exact) mass is 475 g/mol. The van der Waals surface area contributed by atoms with Crippen molar-refractivity contribution < 1.29 is 4.79 Å². The van der Waals surface area contributed by atoms with Gasteiger partial charge < -0.3 is 5.32 Å². The highest BCUT2D eigenvalue weighted by Gasteiger charge is 2.30. The highest BCUT2D eigenvalue weighted by Crippen LogP contribution is 2.44. The maximum atomic E-state index is 13.7. The van der Waals surface area contributed by atoms with Gasteiger partial charge in [0.05, 0.1) is 22.4 Å². The Balaban J connectivity index is 1.48. The molecule has 0 bridgehead atoms. The highest BCUT2D eigenvalue weighted by molar-refractivity contribution is 8.00. The van der Waals surface area contributed by atoms with Crippen molar-refractivity contribution in [1.82, 2.24) is 14.9 Å². The van der Waals surface area contributed by atoms with Gasteiger partial charge in [0.2, 0.25) is 5.91 Å². The zero-order chi connectivity index (χ0) is 22.9. The minimum Gasteiger partial charge on any atom is -0.349 e. The van der Waals surface area contributed by atoms with Crippen molar-refractivity contribution in [2.24, 2.45) is 0 Å². The summed E-state index contributed by atoms with van der Waals surface area (Å²) in [4.78, 5) is 32.3. The van der Waals surface area contributed by atoms with E-state index in [2.05, 4.69) is 10.7 Å². The molecule has 1 amide bonds. The van der Waals surface area contributed by atoms with Crippen LogP contribution in [0.5, 0.6) is 0 Å². The Morgan fingerprint density at radius 3 is 2.42 bits per heavy atom. The molecule has 1 aliphatic carbocycles. The summed E-state index contributed by atoms with van der Waals surface area (Å²) < 4.78 is 1.66. The molecule has 1 saturated carbocycles. The Hall–Kier alpha value is -2.90. The molecule has 1 N–H and O–H groups in total. The predicted molar refractivity (Wildman–Crippen MR) is 136 cm³/mol. The molecule has 2 aromatic heterocycles. The van der Waals surface area contributed by atoms with Crippen LogP contribution in [0, 0.1) is 0 Å². The second-order valence-corrected chi connectivity index (χ2v) is 10.6. The number of amides is 1. The van der Waals surface area contributed by atoms with Gasteiger partial charge >= 0.3 is 0 Å². The maximum Gasteiger partial charge on any atom is 0.267 e. The topological polar surface area (TPSA) is 64.0 Å². The number of thiophene rings is 1. The zero-order valence-electron chi connectivity index (χ0n) is 18.5. The number of thioether (sulfide) groups is 1. The van der Waals surface area contributed by atoms with E-state index in [0.29, 0.717) is 11.1 Å². The van der Waals surface area contributed by atoms with Crippen molar-refractivity contribution in [2.45, 2.75) is 49.1 Å². The van der Waals surface area contributed by atoms with Gasteiger partial charge in [0, 0.05) is 0 Å². The SMILES string of the molecule is CC(Sc1nc2scc(C3CC3)c2c(=O)n1-c1ccccc1)C(=O)NC(C)c1ccccc1. The van der Waals surface area contributed by atoms with Crippen molar-refractivity contribution in [3.63, 3.8) is 0 Å². The van der Waals surface area contributed by atoms with Crippen molar-refractivity contribution >= 4 is 39.2 Å². The quantitative estimate of drug-likeness (QED) is 0.276. The molecule has 2 heterocycles. The number of rotatable bonds is 7. The van der Waals surface area contributed by atoms with Gasteiger partial charge in [-0.3, -0.25) is 14.2 Å². The number of fused-ring (bicyclic) bond motifs is 1. The second-order valence-electron chi connectivity index (χ2n) is 8.42. The first-order chi connectivity index (χ1) is 16.0. The molecule has 7 heteroatoms. The molecule has 2 aromatic carbocycles. The first kappa shape index (κ1) is 21.9. The van der Waals surface area contributed by atoms with Gasteiger partial charge in [0.1, 0.15) is 4.83 Å². The van der Waals surface area contributed by atoms with E-state index in [4.69, 9.17) is 4.98 Å². The van der Waals surface area contributed by atoms with Crippen LogP contribution in [-0.2, 0) is 4.79 Å². The first-order valence-electron chi connectivity index (χ1n) is 11.1. The summed E-state index contributed by atoms with van der Waals surface area (Å²) >= 11 is 2.84. The van der Waals surface area contributed by atoms with E-state index < -0.39 is 5.25 Å². The summed E-state index contributed by atoms with van der Waals surface area (Å²) in [6, 6.07) is 19.3. The number of carbonyl (C=O) groups is 1. The van der Waals surface area contributed by atoms with Crippen LogP contribution in [0.2, 0.25) is 0 Å². The van der Waals surface area contributed by atoms with Crippen LogP contribution in [0.3, 0.4) is 0 Å². The molecule has 5 rings (SSSR count). The molecule has 0 aliphatic heterocycles. The third-order valence-electron chi connectivity index (χ3n) is 5.95. The van der Waals surface area contributed by atoms with E-state index in [1.165, 1.54) is 23.1 Å². The van der Waals surface area contributed by atoms with E-state index >= 15 is 0 Å². The summed E-state index contributed by atoms with van der Waals surface area (Å²) in [6.07, 6.45) is 2.26. The molecule has 0 radical (unpaired) electrons. The molecule has 1 fully saturated rings. The largest absolute Gasteiger partial charge is 0.349 e. The molecule has 0 saturated heterocycles. The van der Waals surface area contributed by atoms with Gasteiger partial charge in [-0.05, 0) is 61.2 Å². The van der Waals surface area contributed by atoms with Gasteiger partial charge in [-0.2, -0.15) is 0 Å². The van der Waals surface area contributed by atoms with Crippen LogP contribution in [0.25, 0.3) is 15.9 Å². The Morgan fingerprint density at radius 2 is 1.76 bits per heavy atom. The first-order valence-corrected chi connectivity index (χ1v) is 12.9. The van der Waals surface area contributed by atoms with Crippen LogP contribution in [0.1, 0.15) is 49.8 Å². The molecule has 2 unspecified atom stereocenters. The van der Waals surface area contributed by atoms with Crippen LogP contribution >= 0.6 is 23.1 Å². The van der Waals surface area contributed by atoms with Gasteiger partial charge in [0.25, 0.3) is 5.56 Å². The summed E-state index contributed by atoms with van der Waals surface area (Å²) in [5, 5.41) is 6.01. The molecule has 33 heavy (non-hydrogen) atoms. The molecule has 4 aromatic rings. The lowest BCUT2D eigenvalue weighted by Crippen LogP contribution is -2.33. The van der Waals surface area contributed by atoms with Crippen LogP contribution < -0.4 is 10.9 Å². The predicted octanol–water partition coefficient (Wildman–Crippen LogP) is 5.68. The Labute approximate surface area is 200 Å². The third-order valence-corrected chi connectivity index (χ3v) is 7.89. The molecule has 5 nitrogen and oxygen atoms in total. The van der Waals surface area contributed by atoms with Crippen LogP contribution in [0.15, 0.2) is 76.0 Å². The fourth-order valence-electron chi connectivity index (χ4n) is 3.94. The van der Waals surface area contributed by atoms with Crippen molar-refractivity contribution in [1.29, 1.82) is 0 Å². The summed E-state index contributed by atoms with van der Waals surface area (Å²) in [6.45, 7) is 3.83. The standard InChI is InChI=1S/C26H25N3O2S2/c1-16(18-9-5-3-6-10-18)27-23(30)17(2)33-26-28-24-22(21(15-32-24)19-13-14-19)25(31)29(26)20-11-7-4-8-12-20/h3-12,15-17,19H,13-14H2,1-2H3,(H,27,30). The number of carbonyl (C=O) groups excluding carboxylic acids is 1. The average molecular weight is 476 g/mol. The summed E-state index contributed by atoms with van der Waals surface area (Å²) in [7, 11) is 0. The van der Waals surface area contributed by atoms with Crippen molar-refractivity contribution in [2.75, 3.05) is 0 Å². The zero-order valence-corrected chi connectivity index (χ0v) is 20.2. The van der Waals surface area contributed by atoms with Crippen LogP contribution in [0.4, 0.5) is 0 Å². The van der Waals surface area contributed by atoms with E-state index in [9.17, 15) is 9.59 Å². The number of para-hydroxylation sites is 1. The number of nitrogens with zero attached hydrogens (tertiary/aromatic N) is 2. The number of benzene rings is 2. The minimum atomic E-state index is -0.418. The number of hydrogen-bond acceptors (Lipinski definition) is 5. The third kappa shape index (κ3) is 4.48. The number of hydrogen-bond donors (Lipinski definition) is 1. The van der Waals surface area contributed by atoms with E-state index in [1.807, 2.05) is 74.5 Å². The fourth-order valence-corrected chi connectivity index (χ4v) is 5.94. The Kier molecular flexibility index (Phi) is 6.08. The smallest absolute Gasteiger partial charge is 0.267 e. The molecule has 2 atom stereocenters. The number of nitrogens with one attached hydrogen (secondary N) is 1. The van der Waals surface area contributed by atoms with Crippen molar-refractivity contribution in [3.8, 4) is 5.69 Å². The maximum absolute atomic E-state index is 13.7. The Morgan fingerprint density at radius 1 is 1.09 bits per heavy atom. The molecule has 168 valence electrons. The van der Waals surface area contributed by atoms with Gasteiger partial charge in [-0.15, -0.1) is 11.3 Å². The number of aromatic nitrogens is 2. The lowest BCUT2D eigenvalue weighted by molar-refractivity contribution is -0.120.